The summed E-state index contributed by atoms with van der Waals surface area (Å²) in [7, 11) is -3.89. The zero-order valence-corrected chi connectivity index (χ0v) is 19.4. The third-order valence-electron chi connectivity index (χ3n) is 5.09. The van der Waals surface area contributed by atoms with Gasteiger partial charge in [0.2, 0.25) is 10.0 Å². The van der Waals surface area contributed by atoms with Crippen molar-refractivity contribution in [2.24, 2.45) is 0 Å². The zero-order chi connectivity index (χ0) is 24.4. The van der Waals surface area contributed by atoms with E-state index in [0.717, 1.165) is 18.2 Å². The molecule has 0 amide bonds. The standard InChI is InChI=1S/C22H21F3N2O4S2/c1-13-10-18(11-19(14(13)2)21(28)29)33(30,31)26-9-3-4-17-12-32-20(27-17)15-5-7-16(8-6-15)22(23,24)25/h5-8,10-12,26H,3-4,9H2,1-2H3,(H,28,29). The number of carbonyl (C=O) groups is 1. The summed E-state index contributed by atoms with van der Waals surface area (Å²) in [6.07, 6.45) is -3.49. The SMILES string of the molecule is Cc1cc(S(=O)(=O)NCCCc2csc(-c3ccc(C(F)(F)F)cc3)n2)cc(C(=O)O)c1C. The van der Waals surface area contributed by atoms with E-state index in [4.69, 9.17) is 0 Å². The van der Waals surface area contributed by atoms with Gasteiger partial charge in [0, 0.05) is 17.5 Å². The minimum absolute atomic E-state index is 0.0614. The maximum absolute atomic E-state index is 12.7. The van der Waals surface area contributed by atoms with Gasteiger partial charge in [-0.15, -0.1) is 11.3 Å². The Balaban J connectivity index is 1.60. The summed E-state index contributed by atoms with van der Waals surface area (Å²) in [4.78, 5) is 15.7. The van der Waals surface area contributed by atoms with Crippen molar-refractivity contribution in [3.63, 3.8) is 0 Å². The van der Waals surface area contributed by atoms with E-state index in [0.29, 0.717) is 40.2 Å². The van der Waals surface area contributed by atoms with Gasteiger partial charge in [-0.3, -0.25) is 0 Å². The number of benzene rings is 2. The molecule has 11 heteroatoms. The predicted molar refractivity (Wildman–Crippen MR) is 119 cm³/mol. The number of sulfonamides is 1. The van der Waals surface area contributed by atoms with Gasteiger partial charge in [-0.2, -0.15) is 13.2 Å². The minimum atomic E-state index is -4.40. The lowest BCUT2D eigenvalue weighted by Crippen LogP contribution is -2.25. The molecule has 0 atom stereocenters. The number of carboxylic acids is 1. The van der Waals surface area contributed by atoms with Crippen molar-refractivity contribution in [1.82, 2.24) is 9.71 Å². The largest absolute Gasteiger partial charge is 0.478 e. The summed E-state index contributed by atoms with van der Waals surface area (Å²) in [6, 6.07) is 7.33. The Labute approximate surface area is 193 Å². The lowest BCUT2D eigenvalue weighted by atomic mass is 10.0. The first-order valence-electron chi connectivity index (χ1n) is 9.85. The molecule has 0 unspecified atom stereocenters. The van der Waals surface area contributed by atoms with Gasteiger partial charge >= 0.3 is 12.1 Å². The minimum Gasteiger partial charge on any atom is -0.478 e. The van der Waals surface area contributed by atoms with Crippen LogP contribution in [-0.4, -0.2) is 31.0 Å². The van der Waals surface area contributed by atoms with Gasteiger partial charge in [-0.25, -0.2) is 22.9 Å². The molecule has 1 heterocycles. The number of halogens is 3. The average Bonchev–Trinajstić information content (AvgIpc) is 3.21. The molecule has 2 aromatic carbocycles. The molecular weight excluding hydrogens is 477 g/mol. The fourth-order valence-electron chi connectivity index (χ4n) is 3.12. The average molecular weight is 499 g/mol. The molecular formula is C22H21F3N2O4S2. The molecule has 0 saturated heterocycles. The Kier molecular flexibility index (Phi) is 7.25. The Morgan fingerprint density at radius 3 is 2.42 bits per heavy atom. The highest BCUT2D eigenvalue weighted by molar-refractivity contribution is 7.89. The molecule has 33 heavy (non-hydrogen) atoms. The molecule has 6 nitrogen and oxygen atoms in total. The van der Waals surface area contributed by atoms with Gasteiger partial charge in [-0.05, 0) is 62.1 Å². The van der Waals surface area contributed by atoms with Crippen molar-refractivity contribution in [2.75, 3.05) is 6.54 Å². The molecule has 0 saturated carbocycles. The van der Waals surface area contributed by atoms with E-state index in [1.54, 1.807) is 19.2 Å². The van der Waals surface area contributed by atoms with Crippen LogP contribution in [0.3, 0.4) is 0 Å². The van der Waals surface area contributed by atoms with Gasteiger partial charge in [-0.1, -0.05) is 12.1 Å². The number of rotatable bonds is 8. The maximum atomic E-state index is 12.7. The van der Waals surface area contributed by atoms with Crippen LogP contribution in [0, 0.1) is 13.8 Å². The number of hydrogen-bond acceptors (Lipinski definition) is 5. The van der Waals surface area contributed by atoms with Crippen molar-refractivity contribution in [1.29, 1.82) is 0 Å². The molecule has 176 valence electrons. The van der Waals surface area contributed by atoms with Crippen LogP contribution in [0.25, 0.3) is 10.6 Å². The van der Waals surface area contributed by atoms with Crippen LogP contribution >= 0.6 is 11.3 Å². The van der Waals surface area contributed by atoms with Gasteiger partial charge in [0.05, 0.1) is 21.7 Å². The second kappa shape index (κ2) is 9.62. The van der Waals surface area contributed by atoms with Gasteiger partial charge in [0.15, 0.2) is 0 Å². The molecule has 3 aromatic rings. The zero-order valence-electron chi connectivity index (χ0n) is 17.7. The van der Waals surface area contributed by atoms with E-state index in [9.17, 15) is 31.5 Å². The predicted octanol–water partition coefficient (Wildman–Crippen LogP) is 5.06. The van der Waals surface area contributed by atoms with Crippen molar-refractivity contribution in [3.8, 4) is 10.6 Å². The number of aromatic nitrogens is 1. The molecule has 3 rings (SSSR count). The number of nitrogens with zero attached hydrogens (tertiary/aromatic N) is 1. The smallest absolute Gasteiger partial charge is 0.416 e. The summed E-state index contributed by atoms with van der Waals surface area (Å²) in [6.45, 7) is 3.39. The summed E-state index contributed by atoms with van der Waals surface area (Å²) >= 11 is 1.30. The summed E-state index contributed by atoms with van der Waals surface area (Å²) in [5.41, 5.74) is 1.56. The van der Waals surface area contributed by atoms with Crippen LogP contribution in [0.5, 0.6) is 0 Å². The highest BCUT2D eigenvalue weighted by Crippen LogP contribution is 2.32. The first kappa shape index (κ1) is 24.9. The van der Waals surface area contributed by atoms with E-state index in [2.05, 4.69) is 9.71 Å². The van der Waals surface area contributed by atoms with Crippen LogP contribution in [-0.2, 0) is 22.6 Å². The molecule has 0 aliphatic heterocycles. The van der Waals surface area contributed by atoms with E-state index in [1.165, 1.54) is 29.5 Å². The molecule has 0 spiro atoms. The summed E-state index contributed by atoms with van der Waals surface area (Å²) < 4.78 is 65.7. The molecule has 0 bridgehead atoms. The first-order chi connectivity index (χ1) is 15.4. The van der Waals surface area contributed by atoms with Crippen molar-refractivity contribution in [3.05, 3.63) is 69.7 Å². The van der Waals surface area contributed by atoms with Gasteiger partial charge in [0.25, 0.3) is 0 Å². The van der Waals surface area contributed by atoms with Gasteiger partial charge < -0.3 is 5.11 Å². The molecule has 0 radical (unpaired) electrons. The van der Waals surface area contributed by atoms with Crippen molar-refractivity contribution in [2.45, 2.75) is 37.8 Å². The first-order valence-corrected chi connectivity index (χ1v) is 12.2. The molecule has 0 aliphatic carbocycles. The fraction of sp³-hybridized carbons (Fsp3) is 0.273. The van der Waals surface area contributed by atoms with Gasteiger partial charge in [0.1, 0.15) is 5.01 Å². The second-order valence-electron chi connectivity index (χ2n) is 7.44. The van der Waals surface area contributed by atoms with Crippen molar-refractivity contribution >= 4 is 27.3 Å². The quantitative estimate of drug-likeness (QED) is 0.424. The number of thiazole rings is 1. The maximum Gasteiger partial charge on any atom is 0.416 e. The Hall–Kier alpha value is -2.76. The number of hydrogen-bond donors (Lipinski definition) is 2. The second-order valence-corrected chi connectivity index (χ2v) is 10.1. The normalized spacial score (nSPS) is 12.2. The molecule has 1 aromatic heterocycles. The van der Waals surface area contributed by atoms with Crippen LogP contribution in [0.15, 0.2) is 46.7 Å². The van der Waals surface area contributed by atoms with Crippen LogP contribution < -0.4 is 4.72 Å². The van der Waals surface area contributed by atoms with E-state index in [1.807, 2.05) is 0 Å². The monoisotopic (exact) mass is 498 g/mol. The Bertz CT molecular complexity index is 1270. The number of alkyl halides is 3. The third-order valence-corrected chi connectivity index (χ3v) is 7.47. The van der Waals surface area contributed by atoms with Crippen LogP contribution in [0.1, 0.15) is 39.2 Å². The third kappa shape index (κ3) is 5.98. The summed E-state index contributed by atoms with van der Waals surface area (Å²) in [5.74, 6) is -1.19. The summed E-state index contributed by atoms with van der Waals surface area (Å²) in [5, 5.41) is 11.6. The fourth-order valence-corrected chi connectivity index (χ4v) is 5.16. The number of nitrogens with one attached hydrogen (secondary N) is 1. The highest BCUT2D eigenvalue weighted by atomic mass is 32.2. The van der Waals surface area contributed by atoms with E-state index >= 15 is 0 Å². The molecule has 0 fully saturated rings. The lowest BCUT2D eigenvalue weighted by Gasteiger charge is -2.11. The van der Waals surface area contributed by atoms with E-state index in [-0.39, 0.29) is 17.0 Å². The highest BCUT2D eigenvalue weighted by Gasteiger charge is 2.30. The lowest BCUT2D eigenvalue weighted by molar-refractivity contribution is -0.137. The molecule has 0 aliphatic rings. The van der Waals surface area contributed by atoms with E-state index < -0.39 is 27.7 Å². The Morgan fingerprint density at radius 2 is 1.82 bits per heavy atom. The van der Waals surface area contributed by atoms with Crippen molar-refractivity contribution < 1.29 is 31.5 Å². The van der Waals surface area contributed by atoms with Crippen LogP contribution in [0.2, 0.25) is 0 Å². The topological polar surface area (TPSA) is 96.4 Å². The van der Waals surface area contributed by atoms with Crippen LogP contribution in [0.4, 0.5) is 13.2 Å². The number of carboxylic acid groups (broad SMARTS) is 1. The number of aryl methyl sites for hydroxylation is 2. The number of aromatic carboxylic acids is 1. The Morgan fingerprint density at radius 1 is 1.15 bits per heavy atom. The molecule has 2 N–H and O–H groups in total.